The molecule has 0 radical (unpaired) electrons. The van der Waals surface area contributed by atoms with Crippen LogP contribution in [0.25, 0.3) is 0 Å². The van der Waals surface area contributed by atoms with E-state index in [2.05, 4.69) is 15.5 Å². The van der Waals surface area contributed by atoms with Gasteiger partial charge in [0, 0.05) is 17.8 Å². The first kappa shape index (κ1) is 18.1. The predicted octanol–water partition coefficient (Wildman–Crippen LogP) is 3.04. The van der Waals surface area contributed by atoms with E-state index >= 15 is 0 Å². The molecule has 0 aromatic heterocycles. The smallest absolute Gasteiger partial charge is 0.251 e. The topological polar surface area (TPSA) is 61.4 Å². The van der Waals surface area contributed by atoms with Crippen molar-refractivity contribution in [2.75, 3.05) is 25.0 Å². The molecule has 0 unspecified atom stereocenters. The highest BCUT2D eigenvalue weighted by atomic mass is 16.2. The highest BCUT2D eigenvalue weighted by molar-refractivity contribution is 5.96. The van der Waals surface area contributed by atoms with Crippen molar-refractivity contribution < 1.29 is 9.59 Å². The molecule has 0 atom stereocenters. The van der Waals surface area contributed by atoms with Gasteiger partial charge in [0.1, 0.15) is 0 Å². The van der Waals surface area contributed by atoms with E-state index in [0.29, 0.717) is 24.3 Å². The monoisotopic (exact) mass is 351 g/mol. The molecule has 3 rings (SSSR count). The summed E-state index contributed by atoms with van der Waals surface area (Å²) in [4.78, 5) is 26.5. The van der Waals surface area contributed by atoms with E-state index in [-0.39, 0.29) is 11.8 Å². The van der Waals surface area contributed by atoms with Gasteiger partial charge in [0.15, 0.2) is 0 Å². The summed E-state index contributed by atoms with van der Waals surface area (Å²) in [6, 6.07) is 16.8. The van der Waals surface area contributed by atoms with Crippen molar-refractivity contribution in [1.29, 1.82) is 0 Å². The number of amides is 2. The molecule has 2 N–H and O–H groups in total. The van der Waals surface area contributed by atoms with Crippen molar-refractivity contribution in [3.05, 3.63) is 65.7 Å². The van der Waals surface area contributed by atoms with E-state index in [1.165, 1.54) is 19.3 Å². The number of likely N-dealkylation sites (tertiary alicyclic amines) is 1. The molecule has 136 valence electrons. The van der Waals surface area contributed by atoms with Gasteiger partial charge in [-0.05, 0) is 55.8 Å². The molecule has 1 aliphatic rings. The molecule has 0 saturated carbocycles. The molecule has 2 aromatic carbocycles. The van der Waals surface area contributed by atoms with Crippen LogP contribution in [0.1, 0.15) is 35.2 Å². The minimum atomic E-state index is -0.125. The molecule has 0 spiro atoms. The quantitative estimate of drug-likeness (QED) is 0.841. The van der Waals surface area contributed by atoms with Gasteiger partial charge in [-0.3, -0.25) is 14.5 Å². The lowest BCUT2D eigenvalue weighted by Gasteiger charge is -2.25. The van der Waals surface area contributed by atoms with Crippen molar-refractivity contribution >= 4 is 17.5 Å². The third-order valence-electron chi connectivity index (χ3n) is 4.54. The third-order valence-corrected chi connectivity index (χ3v) is 4.54. The third kappa shape index (κ3) is 5.43. The van der Waals surface area contributed by atoms with Gasteiger partial charge >= 0.3 is 0 Å². The molecule has 5 heteroatoms. The molecule has 1 aliphatic heterocycles. The van der Waals surface area contributed by atoms with Crippen LogP contribution in [0.2, 0.25) is 0 Å². The van der Waals surface area contributed by atoms with E-state index in [1.807, 2.05) is 30.3 Å². The zero-order valence-electron chi connectivity index (χ0n) is 14.9. The summed E-state index contributed by atoms with van der Waals surface area (Å²) < 4.78 is 0. The van der Waals surface area contributed by atoms with Crippen LogP contribution in [0, 0.1) is 0 Å². The van der Waals surface area contributed by atoms with Crippen molar-refractivity contribution in [2.24, 2.45) is 0 Å². The number of rotatable bonds is 6. The normalized spacial score (nSPS) is 14.6. The Morgan fingerprint density at radius 2 is 1.58 bits per heavy atom. The molecule has 5 nitrogen and oxygen atoms in total. The fourth-order valence-electron chi connectivity index (χ4n) is 3.11. The Hall–Kier alpha value is -2.66. The van der Waals surface area contributed by atoms with E-state index in [9.17, 15) is 9.59 Å². The number of benzene rings is 2. The first-order chi connectivity index (χ1) is 12.7. The lowest BCUT2D eigenvalue weighted by atomic mass is 10.1. The Morgan fingerprint density at radius 1 is 0.885 bits per heavy atom. The summed E-state index contributed by atoms with van der Waals surface area (Å²) in [7, 11) is 0. The Labute approximate surface area is 154 Å². The van der Waals surface area contributed by atoms with Crippen LogP contribution in [0.5, 0.6) is 0 Å². The van der Waals surface area contributed by atoms with Gasteiger partial charge in [-0.2, -0.15) is 0 Å². The predicted molar refractivity (Wildman–Crippen MR) is 103 cm³/mol. The SMILES string of the molecule is O=C(CN1CCCCC1)Nc1ccc(C(=O)NCc2ccccc2)cc1. The average Bonchev–Trinajstić information content (AvgIpc) is 2.68. The molecular formula is C21H25N3O2. The molecular weight excluding hydrogens is 326 g/mol. The fourth-order valence-corrected chi connectivity index (χ4v) is 3.11. The number of hydrogen-bond donors (Lipinski definition) is 2. The Kier molecular flexibility index (Phi) is 6.39. The largest absolute Gasteiger partial charge is 0.348 e. The molecule has 2 amide bonds. The number of piperidine rings is 1. The average molecular weight is 351 g/mol. The Bertz CT molecular complexity index is 723. The second kappa shape index (κ2) is 9.15. The maximum atomic E-state index is 12.2. The summed E-state index contributed by atoms with van der Waals surface area (Å²) in [6.07, 6.45) is 3.59. The highest BCUT2D eigenvalue weighted by Crippen LogP contribution is 2.12. The number of hydrogen-bond acceptors (Lipinski definition) is 3. The molecule has 1 fully saturated rings. The zero-order chi connectivity index (χ0) is 18.2. The summed E-state index contributed by atoms with van der Waals surface area (Å²) in [5.74, 6) is -0.131. The minimum absolute atomic E-state index is 0.00632. The Balaban J connectivity index is 1.47. The summed E-state index contributed by atoms with van der Waals surface area (Å²) in [5, 5.41) is 5.80. The standard InChI is InChI=1S/C21H25N3O2/c25-20(16-24-13-5-2-6-14-24)23-19-11-9-18(10-12-19)21(26)22-15-17-7-3-1-4-8-17/h1,3-4,7-12H,2,5-6,13-16H2,(H,22,26)(H,23,25). The van der Waals surface area contributed by atoms with Gasteiger partial charge in [-0.25, -0.2) is 0 Å². The molecule has 1 saturated heterocycles. The van der Waals surface area contributed by atoms with Crippen LogP contribution >= 0.6 is 0 Å². The van der Waals surface area contributed by atoms with E-state index < -0.39 is 0 Å². The molecule has 2 aromatic rings. The van der Waals surface area contributed by atoms with E-state index in [0.717, 1.165) is 18.7 Å². The molecule has 0 bridgehead atoms. The van der Waals surface area contributed by atoms with Crippen molar-refractivity contribution in [2.45, 2.75) is 25.8 Å². The van der Waals surface area contributed by atoms with E-state index in [4.69, 9.17) is 0 Å². The van der Waals surface area contributed by atoms with Gasteiger partial charge in [-0.15, -0.1) is 0 Å². The second-order valence-electron chi connectivity index (χ2n) is 6.63. The number of carbonyl (C=O) groups is 2. The first-order valence-electron chi connectivity index (χ1n) is 9.15. The van der Waals surface area contributed by atoms with Gasteiger partial charge < -0.3 is 10.6 Å². The van der Waals surface area contributed by atoms with Gasteiger partial charge in [0.05, 0.1) is 6.54 Å². The number of nitrogens with one attached hydrogen (secondary N) is 2. The van der Waals surface area contributed by atoms with Crippen LogP contribution in [0.3, 0.4) is 0 Å². The van der Waals surface area contributed by atoms with Crippen molar-refractivity contribution in [1.82, 2.24) is 10.2 Å². The van der Waals surface area contributed by atoms with Gasteiger partial charge in [-0.1, -0.05) is 36.8 Å². The minimum Gasteiger partial charge on any atom is -0.348 e. The molecule has 26 heavy (non-hydrogen) atoms. The summed E-state index contributed by atoms with van der Waals surface area (Å²) >= 11 is 0. The van der Waals surface area contributed by atoms with Crippen molar-refractivity contribution in [3.63, 3.8) is 0 Å². The number of nitrogens with zero attached hydrogens (tertiary/aromatic N) is 1. The highest BCUT2D eigenvalue weighted by Gasteiger charge is 2.14. The Morgan fingerprint density at radius 3 is 2.27 bits per heavy atom. The lowest BCUT2D eigenvalue weighted by Crippen LogP contribution is -2.36. The summed E-state index contributed by atoms with van der Waals surface area (Å²) in [5.41, 5.74) is 2.35. The maximum Gasteiger partial charge on any atom is 0.251 e. The van der Waals surface area contributed by atoms with Crippen LogP contribution in [0.15, 0.2) is 54.6 Å². The van der Waals surface area contributed by atoms with E-state index in [1.54, 1.807) is 24.3 Å². The lowest BCUT2D eigenvalue weighted by molar-refractivity contribution is -0.117. The summed E-state index contributed by atoms with van der Waals surface area (Å²) in [6.45, 7) is 2.91. The van der Waals surface area contributed by atoms with Crippen LogP contribution in [0.4, 0.5) is 5.69 Å². The second-order valence-corrected chi connectivity index (χ2v) is 6.63. The van der Waals surface area contributed by atoms with Crippen LogP contribution < -0.4 is 10.6 Å². The van der Waals surface area contributed by atoms with Gasteiger partial charge in [0.25, 0.3) is 5.91 Å². The van der Waals surface area contributed by atoms with Crippen LogP contribution in [-0.4, -0.2) is 36.3 Å². The molecule has 0 aliphatic carbocycles. The molecule has 1 heterocycles. The first-order valence-corrected chi connectivity index (χ1v) is 9.15. The maximum absolute atomic E-state index is 12.2. The van der Waals surface area contributed by atoms with Crippen molar-refractivity contribution in [3.8, 4) is 0 Å². The number of carbonyl (C=O) groups excluding carboxylic acids is 2. The number of anilines is 1. The fraction of sp³-hybridized carbons (Fsp3) is 0.333. The zero-order valence-corrected chi connectivity index (χ0v) is 14.9. The van der Waals surface area contributed by atoms with Gasteiger partial charge in [0.2, 0.25) is 5.91 Å². The van der Waals surface area contributed by atoms with Crippen LogP contribution in [-0.2, 0) is 11.3 Å².